The number of nitrogens with zero attached hydrogens (tertiary/aromatic N) is 1. The van der Waals surface area contributed by atoms with Crippen LogP contribution in [0.2, 0.25) is 5.02 Å². The van der Waals surface area contributed by atoms with Gasteiger partial charge in [0.25, 0.3) is 5.91 Å². The van der Waals surface area contributed by atoms with E-state index in [2.05, 4.69) is 0 Å². The molecule has 4 heteroatoms. The second-order valence-electron chi connectivity index (χ2n) is 4.82. The van der Waals surface area contributed by atoms with Gasteiger partial charge in [-0.3, -0.25) is 4.79 Å². The fourth-order valence-corrected chi connectivity index (χ4v) is 3.06. The van der Waals surface area contributed by atoms with Crippen molar-refractivity contribution in [3.05, 3.63) is 34.3 Å². The molecule has 1 aromatic carbocycles. The van der Waals surface area contributed by atoms with E-state index < -0.39 is 0 Å². The molecule has 1 saturated heterocycles. The molecule has 2 rings (SSSR count). The number of likely N-dealkylation sites (tertiary alicyclic amines) is 1. The van der Waals surface area contributed by atoms with Crippen LogP contribution >= 0.6 is 23.2 Å². The summed E-state index contributed by atoms with van der Waals surface area (Å²) >= 11 is 12.0. The molecule has 1 aromatic rings. The second kappa shape index (κ2) is 5.94. The average molecular weight is 286 g/mol. The van der Waals surface area contributed by atoms with Crippen LogP contribution in [-0.2, 0) is 0 Å². The molecule has 98 valence electrons. The van der Waals surface area contributed by atoms with Gasteiger partial charge in [-0.05, 0) is 49.9 Å². The number of rotatable bonds is 2. The standard InChI is InChI=1S/C14H17Cl2NO/c1-10-6-11(8-12(16)7-10)14(18)17-5-3-2-4-13(17)9-15/h6-8,13H,2-5,9H2,1H3. The predicted molar refractivity (Wildman–Crippen MR) is 75.6 cm³/mol. The van der Waals surface area contributed by atoms with Crippen LogP contribution in [0.4, 0.5) is 0 Å². The van der Waals surface area contributed by atoms with Gasteiger partial charge in [-0.25, -0.2) is 0 Å². The minimum atomic E-state index is 0.0472. The van der Waals surface area contributed by atoms with E-state index >= 15 is 0 Å². The molecule has 0 radical (unpaired) electrons. The topological polar surface area (TPSA) is 20.3 Å². The molecule has 2 nitrogen and oxygen atoms in total. The molecule has 1 aliphatic heterocycles. The summed E-state index contributed by atoms with van der Waals surface area (Å²) < 4.78 is 0. The number of aryl methyl sites for hydroxylation is 1. The Balaban J connectivity index is 2.23. The van der Waals surface area contributed by atoms with Gasteiger partial charge < -0.3 is 4.90 Å². The van der Waals surface area contributed by atoms with Gasteiger partial charge in [0.2, 0.25) is 0 Å². The minimum Gasteiger partial charge on any atom is -0.334 e. The molecule has 0 aromatic heterocycles. The molecule has 0 saturated carbocycles. The molecule has 1 amide bonds. The molecule has 1 aliphatic rings. The zero-order chi connectivity index (χ0) is 13.1. The molecule has 0 aliphatic carbocycles. The van der Waals surface area contributed by atoms with Gasteiger partial charge >= 0.3 is 0 Å². The summed E-state index contributed by atoms with van der Waals surface area (Å²) in [5.41, 5.74) is 1.67. The summed E-state index contributed by atoms with van der Waals surface area (Å²) in [5.74, 6) is 0.552. The van der Waals surface area contributed by atoms with Gasteiger partial charge in [-0.1, -0.05) is 11.6 Å². The zero-order valence-electron chi connectivity index (χ0n) is 10.5. The highest BCUT2D eigenvalue weighted by atomic mass is 35.5. The fourth-order valence-electron chi connectivity index (χ4n) is 2.45. The molecule has 18 heavy (non-hydrogen) atoms. The van der Waals surface area contributed by atoms with E-state index in [4.69, 9.17) is 23.2 Å². The summed E-state index contributed by atoms with van der Waals surface area (Å²) in [5, 5.41) is 0.609. The number of benzene rings is 1. The quantitative estimate of drug-likeness (QED) is 0.755. The maximum absolute atomic E-state index is 12.5. The largest absolute Gasteiger partial charge is 0.334 e. The second-order valence-corrected chi connectivity index (χ2v) is 5.56. The van der Waals surface area contributed by atoms with Crippen molar-refractivity contribution < 1.29 is 4.79 Å². The van der Waals surface area contributed by atoms with Crippen molar-refractivity contribution in [3.63, 3.8) is 0 Å². The Kier molecular flexibility index (Phi) is 4.52. The van der Waals surface area contributed by atoms with Crippen LogP contribution in [0.1, 0.15) is 35.2 Å². The molecule has 0 spiro atoms. The highest BCUT2D eigenvalue weighted by Gasteiger charge is 2.26. The number of carbonyl (C=O) groups is 1. The molecule has 1 heterocycles. The third kappa shape index (κ3) is 2.99. The lowest BCUT2D eigenvalue weighted by Gasteiger charge is -2.34. The summed E-state index contributed by atoms with van der Waals surface area (Å²) in [6, 6.07) is 5.63. The number of hydrogen-bond acceptors (Lipinski definition) is 1. The smallest absolute Gasteiger partial charge is 0.254 e. The van der Waals surface area contributed by atoms with E-state index in [1.807, 2.05) is 24.0 Å². The molecular formula is C14H17Cl2NO. The van der Waals surface area contributed by atoms with E-state index in [-0.39, 0.29) is 11.9 Å². The zero-order valence-corrected chi connectivity index (χ0v) is 12.0. The molecule has 0 N–H and O–H groups in total. The SMILES string of the molecule is Cc1cc(Cl)cc(C(=O)N2CCCCC2CCl)c1. The Morgan fingerprint density at radius 1 is 1.39 bits per heavy atom. The third-order valence-corrected chi connectivity index (χ3v) is 3.93. The third-order valence-electron chi connectivity index (χ3n) is 3.36. The van der Waals surface area contributed by atoms with Gasteiger partial charge in [0, 0.05) is 29.1 Å². The van der Waals surface area contributed by atoms with Crippen molar-refractivity contribution in [3.8, 4) is 0 Å². The van der Waals surface area contributed by atoms with E-state index in [1.165, 1.54) is 0 Å². The first-order chi connectivity index (χ1) is 8.61. The highest BCUT2D eigenvalue weighted by Crippen LogP contribution is 2.22. The Labute approximate surface area is 118 Å². The van der Waals surface area contributed by atoms with Crippen molar-refractivity contribution in [1.82, 2.24) is 4.90 Å². The van der Waals surface area contributed by atoms with Crippen molar-refractivity contribution in [2.24, 2.45) is 0 Å². The maximum Gasteiger partial charge on any atom is 0.254 e. The van der Waals surface area contributed by atoms with Gasteiger partial charge in [0.15, 0.2) is 0 Å². The predicted octanol–water partition coefficient (Wildman–Crippen LogP) is 3.88. The van der Waals surface area contributed by atoms with Crippen molar-refractivity contribution >= 4 is 29.1 Å². The Hall–Kier alpha value is -0.730. The Morgan fingerprint density at radius 3 is 2.83 bits per heavy atom. The molecule has 0 bridgehead atoms. The molecular weight excluding hydrogens is 269 g/mol. The van der Waals surface area contributed by atoms with Crippen LogP contribution in [0.25, 0.3) is 0 Å². The van der Waals surface area contributed by atoms with Crippen LogP contribution in [-0.4, -0.2) is 29.3 Å². The first-order valence-corrected chi connectivity index (χ1v) is 7.17. The highest BCUT2D eigenvalue weighted by molar-refractivity contribution is 6.31. The molecule has 1 unspecified atom stereocenters. The summed E-state index contributed by atoms with van der Waals surface area (Å²) in [6.07, 6.45) is 3.20. The lowest BCUT2D eigenvalue weighted by Crippen LogP contribution is -2.44. The summed E-state index contributed by atoms with van der Waals surface area (Å²) in [6.45, 7) is 2.74. The number of piperidine rings is 1. The lowest BCUT2D eigenvalue weighted by atomic mass is 10.0. The normalized spacial score (nSPS) is 19.9. The number of amides is 1. The molecule has 1 fully saturated rings. The number of hydrogen-bond donors (Lipinski definition) is 0. The first kappa shape index (κ1) is 13.7. The van der Waals surface area contributed by atoms with Gasteiger partial charge in [-0.15, -0.1) is 11.6 Å². The summed E-state index contributed by atoms with van der Waals surface area (Å²) in [7, 11) is 0. The first-order valence-electron chi connectivity index (χ1n) is 6.26. The monoisotopic (exact) mass is 285 g/mol. The number of halogens is 2. The van der Waals surface area contributed by atoms with Crippen LogP contribution < -0.4 is 0 Å². The van der Waals surface area contributed by atoms with Gasteiger partial charge in [0.05, 0.1) is 0 Å². The minimum absolute atomic E-state index is 0.0472. The maximum atomic E-state index is 12.5. The fraction of sp³-hybridized carbons (Fsp3) is 0.500. The average Bonchev–Trinajstić information content (AvgIpc) is 2.36. The van der Waals surface area contributed by atoms with E-state index in [1.54, 1.807) is 6.07 Å². The Morgan fingerprint density at radius 2 is 2.17 bits per heavy atom. The van der Waals surface area contributed by atoms with Gasteiger partial charge in [0.1, 0.15) is 0 Å². The van der Waals surface area contributed by atoms with Crippen LogP contribution in [0.3, 0.4) is 0 Å². The van der Waals surface area contributed by atoms with Crippen molar-refractivity contribution in [2.75, 3.05) is 12.4 Å². The van der Waals surface area contributed by atoms with Crippen LogP contribution in [0.15, 0.2) is 18.2 Å². The molecule has 1 atom stereocenters. The van der Waals surface area contributed by atoms with Gasteiger partial charge in [-0.2, -0.15) is 0 Å². The lowest BCUT2D eigenvalue weighted by molar-refractivity contribution is 0.0639. The van der Waals surface area contributed by atoms with Crippen molar-refractivity contribution in [1.29, 1.82) is 0 Å². The van der Waals surface area contributed by atoms with E-state index in [9.17, 15) is 4.79 Å². The Bertz CT molecular complexity index is 427. The van der Waals surface area contributed by atoms with E-state index in [0.717, 1.165) is 31.4 Å². The van der Waals surface area contributed by atoms with Crippen LogP contribution in [0.5, 0.6) is 0 Å². The number of carbonyl (C=O) groups excluding carboxylic acids is 1. The van der Waals surface area contributed by atoms with Crippen LogP contribution in [0, 0.1) is 6.92 Å². The van der Waals surface area contributed by atoms with E-state index in [0.29, 0.717) is 16.5 Å². The summed E-state index contributed by atoms with van der Waals surface area (Å²) in [4.78, 5) is 14.4. The van der Waals surface area contributed by atoms with Crippen molar-refractivity contribution in [2.45, 2.75) is 32.2 Å². The number of alkyl halides is 1.